The molecular formula is C18H21FN4O. The summed E-state index contributed by atoms with van der Waals surface area (Å²) >= 11 is 0. The summed E-state index contributed by atoms with van der Waals surface area (Å²) in [5, 5.41) is 7.36. The second kappa shape index (κ2) is 6.34. The van der Waals surface area contributed by atoms with Crippen LogP contribution in [-0.2, 0) is 11.2 Å². The second-order valence-electron chi connectivity index (χ2n) is 6.76. The Morgan fingerprint density at radius 3 is 2.96 bits per heavy atom. The largest absolute Gasteiger partial charge is 0.332 e. The van der Waals surface area contributed by atoms with Crippen molar-refractivity contribution in [3.8, 4) is 0 Å². The molecule has 1 aliphatic carbocycles. The molecular weight excluding hydrogens is 307 g/mol. The fourth-order valence-electron chi connectivity index (χ4n) is 3.40. The number of piperidine rings is 1. The molecule has 1 saturated heterocycles. The molecule has 1 saturated carbocycles. The van der Waals surface area contributed by atoms with Crippen molar-refractivity contribution in [3.63, 3.8) is 0 Å². The van der Waals surface area contributed by atoms with E-state index < -0.39 is 0 Å². The van der Waals surface area contributed by atoms with E-state index in [1.165, 1.54) is 12.1 Å². The number of amides is 1. The molecule has 0 bridgehead atoms. The van der Waals surface area contributed by atoms with Gasteiger partial charge >= 0.3 is 0 Å². The Kier molecular flexibility index (Phi) is 4.04. The van der Waals surface area contributed by atoms with Gasteiger partial charge in [0.15, 0.2) is 5.82 Å². The van der Waals surface area contributed by atoms with E-state index in [-0.39, 0.29) is 24.2 Å². The molecule has 1 aliphatic heterocycles. The molecule has 6 heteroatoms. The average molecular weight is 328 g/mol. The fourth-order valence-corrected chi connectivity index (χ4v) is 3.40. The summed E-state index contributed by atoms with van der Waals surface area (Å²) in [5.41, 5.74) is 0.709. The highest BCUT2D eigenvalue weighted by molar-refractivity contribution is 5.79. The molecule has 1 aromatic heterocycles. The molecule has 4 rings (SSSR count). The van der Waals surface area contributed by atoms with E-state index in [9.17, 15) is 9.18 Å². The van der Waals surface area contributed by atoms with Gasteiger partial charge in [-0.1, -0.05) is 12.1 Å². The van der Waals surface area contributed by atoms with Gasteiger partial charge in [-0.2, -0.15) is 5.10 Å². The summed E-state index contributed by atoms with van der Waals surface area (Å²) in [4.78, 5) is 19.3. The van der Waals surface area contributed by atoms with Crippen LogP contribution in [0.15, 0.2) is 24.3 Å². The van der Waals surface area contributed by atoms with E-state index in [4.69, 9.17) is 0 Å². The zero-order chi connectivity index (χ0) is 16.5. The highest BCUT2D eigenvalue weighted by Gasteiger charge is 2.33. The van der Waals surface area contributed by atoms with Crippen LogP contribution in [0, 0.1) is 5.82 Å². The number of hydrogen-bond acceptors (Lipinski definition) is 3. The predicted octanol–water partition coefficient (Wildman–Crippen LogP) is 3.12. The van der Waals surface area contributed by atoms with Crippen molar-refractivity contribution in [2.75, 3.05) is 6.54 Å². The highest BCUT2D eigenvalue weighted by Crippen LogP contribution is 2.39. The molecule has 1 N–H and O–H groups in total. The minimum absolute atomic E-state index is 0.0228. The minimum Gasteiger partial charge on any atom is -0.332 e. The molecule has 1 amide bonds. The van der Waals surface area contributed by atoms with Gasteiger partial charge in [0.1, 0.15) is 11.6 Å². The molecule has 2 fully saturated rings. The quantitative estimate of drug-likeness (QED) is 0.938. The molecule has 0 spiro atoms. The van der Waals surface area contributed by atoms with E-state index in [2.05, 4.69) is 15.2 Å². The van der Waals surface area contributed by atoms with Crippen LogP contribution in [0.25, 0.3) is 0 Å². The summed E-state index contributed by atoms with van der Waals surface area (Å²) in [6.07, 6.45) is 5.50. The molecule has 2 aliphatic rings. The van der Waals surface area contributed by atoms with Gasteiger partial charge in [-0.15, -0.1) is 0 Å². The molecule has 5 nitrogen and oxygen atoms in total. The van der Waals surface area contributed by atoms with Crippen molar-refractivity contribution in [2.24, 2.45) is 0 Å². The number of nitrogens with one attached hydrogen (secondary N) is 1. The van der Waals surface area contributed by atoms with E-state index in [1.807, 2.05) is 4.90 Å². The van der Waals surface area contributed by atoms with Crippen molar-refractivity contribution < 1.29 is 9.18 Å². The number of aromatic amines is 1. The fraction of sp³-hybridized carbons (Fsp3) is 0.500. The third kappa shape index (κ3) is 3.18. The first-order chi connectivity index (χ1) is 11.7. The van der Waals surface area contributed by atoms with Crippen LogP contribution in [0.4, 0.5) is 4.39 Å². The van der Waals surface area contributed by atoms with E-state index in [1.54, 1.807) is 12.1 Å². The molecule has 0 radical (unpaired) electrons. The molecule has 1 atom stereocenters. The number of rotatable bonds is 4. The maximum absolute atomic E-state index is 13.3. The number of likely N-dealkylation sites (tertiary alicyclic amines) is 1. The Hall–Kier alpha value is -2.24. The zero-order valence-electron chi connectivity index (χ0n) is 13.5. The summed E-state index contributed by atoms with van der Waals surface area (Å²) in [7, 11) is 0. The number of nitrogens with zero attached hydrogens (tertiary/aromatic N) is 3. The lowest BCUT2D eigenvalue weighted by molar-refractivity contribution is -0.134. The molecule has 2 aromatic rings. The molecule has 1 aromatic carbocycles. The molecule has 1 unspecified atom stereocenters. The Bertz CT molecular complexity index is 740. The van der Waals surface area contributed by atoms with Gasteiger partial charge in [0.25, 0.3) is 0 Å². The van der Waals surface area contributed by atoms with Crippen molar-refractivity contribution >= 4 is 5.91 Å². The standard InChI is InChI=1S/C18H21FN4O/c19-14-5-3-4-12(10-14)11-16(24)23-9-2-1-6-15(23)18-20-17(21-22-18)13-7-8-13/h3-5,10,13,15H,1-2,6-9,11H2,(H,20,21,22). The van der Waals surface area contributed by atoms with Crippen LogP contribution in [0.1, 0.15) is 61.3 Å². The van der Waals surface area contributed by atoms with Gasteiger partial charge in [-0.3, -0.25) is 9.89 Å². The topological polar surface area (TPSA) is 61.9 Å². The van der Waals surface area contributed by atoms with Gasteiger partial charge in [-0.25, -0.2) is 9.37 Å². The first-order valence-corrected chi connectivity index (χ1v) is 8.67. The Morgan fingerprint density at radius 2 is 2.17 bits per heavy atom. The van der Waals surface area contributed by atoms with Crippen molar-refractivity contribution in [3.05, 3.63) is 47.3 Å². The summed E-state index contributed by atoms with van der Waals surface area (Å²) in [6, 6.07) is 6.21. The van der Waals surface area contributed by atoms with Crippen LogP contribution in [0.5, 0.6) is 0 Å². The first-order valence-electron chi connectivity index (χ1n) is 8.67. The lowest BCUT2D eigenvalue weighted by Crippen LogP contribution is -2.39. The Balaban J connectivity index is 1.51. The summed E-state index contributed by atoms with van der Waals surface area (Å²) < 4.78 is 13.3. The van der Waals surface area contributed by atoms with Gasteiger partial charge in [0.05, 0.1) is 12.5 Å². The van der Waals surface area contributed by atoms with E-state index in [0.29, 0.717) is 11.5 Å². The summed E-state index contributed by atoms with van der Waals surface area (Å²) in [5.74, 6) is 1.89. The predicted molar refractivity (Wildman–Crippen MR) is 86.8 cm³/mol. The number of aromatic nitrogens is 3. The smallest absolute Gasteiger partial charge is 0.227 e. The summed E-state index contributed by atoms with van der Waals surface area (Å²) in [6.45, 7) is 0.721. The number of halogens is 1. The molecule has 24 heavy (non-hydrogen) atoms. The van der Waals surface area contributed by atoms with Gasteiger partial charge in [-0.05, 0) is 49.8 Å². The normalized spacial score (nSPS) is 21.0. The Morgan fingerprint density at radius 1 is 1.29 bits per heavy atom. The van der Waals surface area contributed by atoms with Crippen LogP contribution in [-0.4, -0.2) is 32.5 Å². The lowest BCUT2D eigenvalue weighted by Gasteiger charge is -2.34. The highest BCUT2D eigenvalue weighted by atomic mass is 19.1. The number of carbonyl (C=O) groups is 1. The average Bonchev–Trinajstić information content (AvgIpc) is 3.32. The number of carbonyl (C=O) groups excluding carboxylic acids is 1. The molecule has 126 valence electrons. The third-order valence-corrected chi connectivity index (χ3v) is 4.85. The SMILES string of the molecule is O=C(Cc1cccc(F)c1)N1CCCCC1c1nc(C2CC2)n[nH]1. The van der Waals surface area contributed by atoms with Crippen molar-refractivity contribution in [1.82, 2.24) is 20.1 Å². The van der Waals surface area contributed by atoms with Crippen molar-refractivity contribution in [2.45, 2.75) is 50.5 Å². The monoisotopic (exact) mass is 328 g/mol. The number of benzene rings is 1. The maximum atomic E-state index is 13.3. The third-order valence-electron chi connectivity index (χ3n) is 4.85. The lowest BCUT2D eigenvalue weighted by atomic mass is 10.00. The zero-order valence-corrected chi connectivity index (χ0v) is 13.5. The van der Waals surface area contributed by atoms with Crippen LogP contribution in [0.2, 0.25) is 0 Å². The van der Waals surface area contributed by atoms with Gasteiger partial charge < -0.3 is 4.90 Å². The van der Waals surface area contributed by atoms with Crippen LogP contribution < -0.4 is 0 Å². The number of H-pyrrole nitrogens is 1. The minimum atomic E-state index is -0.306. The van der Waals surface area contributed by atoms with Gasteiger partial charge in [0, 0.05) is 12.5 Å². The van der Waals surface area contributed by atoms with Crippen molar-refractivity contribution in [1.29, 1.82) is 0 Å². The van der Waals surface area contributed by atoms with E-state index >= 15 is 0 Å². The first kappa shape index (κ1) is 15.3. The Labute approximate surface area is 140 Å². The van der Waals surface area contributed by atoms with Gasteiger partial charge in [0.2, 0.25) is 5.91 Å². The molecule has 2 heterocycles. The van der Waals surface area contributed by atoms with Crippen LogP contribution >= 0.6 is 0 Å². The maximum Gasteiger partial charge on any atom is 0.227 e. The second-order valence-corrected chi connectivity index (χ2v) is 6.76. The number of hydrogen-bond donors (Lipinski definition) is 1. The van der Waals surface area contributed by atoms with E-state index in [0.717, 1.165) is 50.3 Å². The van der Waals surface area contributed by atoms with Crippen LogP contribution in [0.3, 0.4) is 0 Å².